The van der Waals surface area contributed by atoms with Gasteiger partial charge in [0, 0.05) is 11.4 Å². The number of benzene rings is 2. The van der Waals surface area contributed by atoms with E-state index < -0.39 is 40.6 Å². The molecule has 0 aliphatic rings. The topological polar surface area (TPSA) is 84.9 Å². The molecule has 0 fully saturated rings. The molecule has 0 atom stereocenters. The minimum absolute atomic E-state index is 0.162. The third-order valence-electron chi connectivity index (χ3n) is 4.16. The van der Waals surface area contributed by atoms with E-state index >= 15 is 0 Å². The van der Waals surface area contributed by atoms with Crippen molar-refractivity contribution in [1.82, 2.24) is 0 Å². The Hall–Kier alpha value is -3.53. The summed E-state index contributed by atoms with van der Waals surface area (Å²) in [7, 11) is 2.45. The van der Waals surface area contributed by atoms with Crippen LogP contribution in [0.15, 0.2) is 35.7 Å². The average molecular weight is 437 g/mol. The molecule has 10 heteroatoms. The number of amides is 1. The van der Waals surface area contributed by atoms with Gasteiger partial charge in [-0.05, 0) is 29.8 Å². The molecule has 0 unspecified atom stereocenters. The molecule has 156 valence electrons. The summed E-state index contributed by atoms with van der Waals surface area (Å²) in [4.78, 5) is 24.6. The van der Waals surface area contributed by atoms with E-state index in [1.54, 1.807) is 24.3 Å². The van der Waals surface area contributed by atoms with Crippen molar-refractivity contribution in [2.24, 2.45) is 0 Å². The van der Waals surface area contributed by atoms with Gasteiger partial charge in [0.05, 0.1) is 24.8 Å². The Balaban J connectivity index is 2.01. The number of halogens is 3. The summed E-state index contributed by atoms with van der Waals surface area (Å²) in [6, 6.07) is 6.84. The van der Waals surface area contributed by atoms with Crippen molar-refractivity contribution in [3.05, 3.63) is 64.3 Å². The minimum Gasteiger partial charge on any atom is -0.497 e. The second kappa shape index (κ2) is 8.46. The predicted octanol–water partition coefficient (Wildman–Crippen LogP) is 4.80. The number of carbonyl (C=O) groups is 2. The van der Waals surface area contributed by atoms with Crippen LogP contribution in [-0.2, 0) is 0 Å². The second-order valence-corrected chi connectivity index (χ2v) is 6.78. The smallest absolute Gasteiger partial charge is 0.339 e. The molecule has 0 aliphatic carbocycles. The summed E-state index contributed by atoms with van der Waals surface area (Å²) in [5.74, 6) is -7.30. The molecule has 0 bridgehead atoms. The molecule has 3 rings (SSSR count). The second-order valence-electron chi connectivity index (χ2n) is 5.90. The van der Waals surface area contributed by atoms with E-state index in [2.05, 4.69) is 10.1 Å². The van der Waals surface area contributed by atoms with E-state index in [9.17, 15) is 27.9 Å². The molecule has 2 N–H and O–H groups in total. The standard InChI is InChI=1S/C20H14F3NO5S/c1-28-10-5-3-9(4-6-10)18-15(20(26)27)13(8-30-18)24-19(25)14-11(21)7-12(22)17(29-2)16(14)23/h3-8H,1-2H3,(H,24,25)(H,26,27). The van der Waals surface area contributed by atoms with Crippen LogP contribution in [0.25, 0.3) is 10.4 Å². The number of anilines is 1. The Morgan fingerprint density at radius 1 is 1.00 bits per heavy atom. The molecule has 0 radical (unpaired) electrons. The van der Waals surface area contributed by atoms with E-state index in [1.807, 2.05) is 0 Å². The number of aromatic carboxylic acids is 1. The molecule has 1 aromatic heterocycles. The van der Waals surface area contributed by atoms with Gasteiger partial charge in [-0.3, -0.25) is 4.79 Å². The van der Waals surface area contributed by atoms with Crippen molar-refractivity contribution in [2.45, 2.75) is 0 Å². The number of carboxylic acid groups (broad SMARTS) is 1. The number of hydrogen-bond donors (Lipinski definition) is 2. The maximum Gasteiger partial charge on any atom is 0.339 e. The molecule has 6 nitrogen and oxygen atoms in total. The Labute approximate surface area is 172 Å². The highest BCUT2D eigenvalue weighted by Crippen LogP contribution is 2.37. The first kappa shape index (κ1) is 21.2. The highest BCUT2D eigenvalue weighted by molar-refractivity contribution is 7.14. The van der Waals surface area contributed by atoms with Crippen LogP contribution in [0.1, 0.15) is 20.7 Å². The number of rotatable bonds is 6. The fraction of sp³-hybridized carbons (Fsp3) is 0.100. The number of thiophene rings is 1. The highest BCUT2D eigenvalue weighted by Gasteiger charge is 2.27. The summed E-state index contributed by atoms with van der Waals surface area (Å²) in [5.41, 5.74) is -0.972. The Bertz CT molecular complexity index is 1130. The minimum atomic E-state index is -1.53. The fourth-order valence-electron chi connectivity index (χ4n) is 2.77. The Morgan fingerprint density at radius 2 is 1.67 bits per heavy atom. The zero-order chi connectivity index (χ0) is 22.0. The predicted molar refractivity (Wildman–Crippen MR) is 104 cm³/mol. The number of carbonyl (C=O) groups excluding carboxylic acids is 1. The first-order chi connectivity index (χ1) is 14.3. The van der Waals surface area contributed by atoms with Crippen LogP contribution in [0.3, 0.4) is 0 Å². The quantitative estimate of drug-likeness (QED) is 0.579. The van der Waals surface area contributed by atoms with Crippen LogP contribution in [0, 0.1) is 17.5 Å². The van der Waals surface area contributed by atoms with Gasteiger partial charge in [0.15, 0.2) is 17.4 Å². The maximum atomic E-state index is 14.4. The van der Waals surface area contributed by atoms with Gasteiger partial charge in [0.1, 0.15) is 22.7 Å². The lowest BCUT2D eigenvalue weighted by atomic mass is 10.1. The third-order valence-corrected chi connectivity index (χ3v) is 5.19. The van der Waals surface area contributed by atoms with Crippen LogP contribution in [0.4, 0.5) is 18.9 Å². The SMILES string of the molecule is COc1ccc(-c2scc(NC(=O)c3c(F)cc(F)c(OC)c3F)c2C(=O)O)cc1. The number of hydrogen-bond acceptors (Lipinski definition) is 5. The Morgan fingerprint density at radius 3 is 2.23 bits per heavy atom. The van der Waals surface area contributed by atoms with E-state index in [1.165, 1.54) is 12.5 Å². The number of methoxy groups -OCH3 is 2. The highest BCUT2D eigenvalue weighted by atomic mass is 32.1. The van der Waals surface area contributed by atoms with Gasteiger partial charge < -0.3 is 19.9 Å². The number of nitrogens with one attached hydrogen (secondary N) is 1. The largest absolute Gasteiger partial charge is 0.497 e. The van der Waals surface area contributed by atoms with Crippen molar-refractivity contribution >= 4 is 28.9 Å². The monoisotopic (exact) mass is 437 g/mol. The van der Waals surface area contributed by atoms with Gasteiger partial charge in [-0.1, -0.05) is 0 Å². The zero-order valence-electron chi connectivity index (χ0n) is 15.6. The molecule has 0 aliphatic heterocycles. The summed E-state index contributed by atoms with van der Waals surface area (Å²) >= 11 is 1.02. The summed E-state index contributed by atoms with van der Waals surface area (Å²) in [5, 5.41) is 13.1. The van der Waals surface area contributed by atoms with Crippen LogP contribution in [-0.4, -0.2) is 31.2 Å². The molecule has 0 spiro atoms. The summed E-state index contributed by atoms with van der Waals surface area (Å²) in [6.07, 6.45) is 0. The van der Waals surface area contributed by atoms with Crippen molar-refractivity contribution < 1.29 is 37.3 Å². The molecule has 1 heterocycles. The first-order valence-electron chi connectivity index (χ1n) is 8.30. The van der Waals surface area contributed by atoms with Crippen molar-refractivity contribution in [2.75, 3.05) is 19.5 Å². The normalized spacial score (nSPS) is 10.6. The van der Waals surface area contributed by atoms with Gasteiger partial charge in [0.25, 0.3) is 5.91 Å². The van der Waals surface area contributed by atoms with E-state index in [0.717, 1.165) is 18.4 Å². The van der Waals surface area contributed by atoms with Crippen LogP contribution < -0.4 is 14.8 Å². The maximum absolute atomic E-state index is 14.4. The summed E-state index contributed by atoms with van der Waals surface area (Å²) in [6.45, 7) is 0. The lowest BCUT2D eigenvalue weighted by molar-refractivity contribution is 0.0699. The molecule has 30 heavy (non-hydrogen) atoms. The summed E-state index contributed by atoms with van der Waals surface area (Å²) < 4.78 is 51.6. The van der Waals surface area contributed by atoms with Gasteiger partial charge in [-0.2, -0.15) is 0 Å². The number of ether oxygens (including phenoxy) is 2. The molecular formula is C20H14F3NO5S. The van der Waals surface area contributed by atoms with E-state index in [0.29, 0.717) is 22.3 Å². The molecular weight excluding hydrogens is 423 g/mol. The van der Waals surface area contributed by atoms with Crippen LogP contribution >= 0.6 is 11.3 Å². The lowest BCUT2D eigenvalue weighted by Crippen LogP contribution is -2.18. The van der Waals surface area contributed by atoms with Crippen LogP contribution in [0.5, 0.6) is 11.5 Å². The van der Waals surface area contributed by atoms with Gasteiger partial charge >= 0.3 is 5.97 Å². The fourth-order valence-corrected chi connectivity index (χ4v) is 3.77. The zero-order valence-corrected chi connectivity index (χ0v) is 16.4. The van der Waals surface area contributed by atoms with E-state index in [-0.39, 0.29) is 11.3 Å². The van der Waals surface area contributed by atoms with Gasteiger partial charge in [0.2, 0.25) is 0 Å². The molecule has 3 aromatic rings. The Kier molecular flexibility index (Phi) is 5.97. The van der Waals surface area contributed by atoms with Crippen molar-refractivity contribution in [3.63, 3.8) is 0 Å². The van der Waals surface area contributed by atoms with Gasteiger partial charge in [-0.15, -0.1) is 11.3 Å². The van der Waals surface area contributed by atoms with Crippen molar-refractivity contribution in [3.8, 4) is 21.9 Å². The molecule has 2 aromatic carbocycles. The molecule has 0 saturated carbocycles. The number of carboxylic acids is 1. The van der Waals surface area contributed by atoms with E-state index in [4.69, 9.17) is 4.74 Å². The molecule has 0 saturated heterocycles. The van der Waals surface area contributed by atoms with Crippen LogP contribution in [0.2, 0.25) is 0 Å². The van der Waals surface area contributed by atoms with Crippen molar-refractivity contribution in [1.29, 1.82) is 0 Å². The molecule has 1 amide bonds. The first-order valence-corrected chi connectivity index (χ1v) is 9.18. The van der Waals surface area contributed by atoms with Gasteiger partial charge in [-0.25, -0.2) is 18.0 Å². The lowest BCUT2D eigenvalue weighted by Gasteiger charge is -2.11. The average Bonchev–Trinajstić information content (AvgIpc) is 3.11. The third kappa shape index (κ3) is 3.81.